The van der Waals surface area contributed by atoms with Crippen LogP contribution in [0.1, 0.15) is 37.8 Å². The van der Waals surface area contributed by atoms with E-state index in [1.54, 1.807) is 12.4 Å². The van der Waals surface area contributed by atoms with Crippen molar-refractivity contribution in [3.05, 3.63) is 54.4 Å². The van der Waals surface area contributed by atoms with Crippen LogP contribution in [0.2, 0.25) is 0 Å². The number of rotatable bonds is 4. The van der Waals surface area contributed by atoms with Gasteiger partial charge in [0, 0.05) is 24.4 Å². The first kappa shape index (κ1) is 21.4. The number of amides is 1. The van der Waals surface area contributed by atoms with E-state index in [4.69, 9.17) is 5.73 Å². The van der Waals surface area contributed by atoms with Crippen molar-refractivity contribution in [3.8, 4) is 11.1 Å². The molecule has 1 heterocycles. The minimum absolute atomic E-state index is 0. The molecule has 0 saturated heterocycles. The first-order valence-electron chi connectivity index (χ1n) is 8.20. The minimum Gasteiger partial charge on any atom is -0.349 e. The first-order chi connectivity index (χ1) is 11.1. The van der Waals surface area contributed by atoms with Crippen molar-refractivity contribution in [3.63, 3.8) is 0 Å². The number of nitrogens with zero attached hydrogens (tertiary/aromatic N) is 1. The molecule has 1 fully saturated rings. The van der Waals surface area contributed by atoms with Gasteiger partial charge >= 0.3 is 0 Å². The lowest BCUT2D eigenvalue weighted by Gasteiger charge is -2.18. The van der Waals surface area contributed by atoms with Crippen LogP contribution < -0.4 is 11.1 Å². The molecule has 0 spiro atoms. The number of hydrogen-bond donors (Lipinski definition) is 2. The van der Waals surface area contributed by atoms with Gasteiger partial charge in [-0.15, -0.1) is 24.8 Å². The minimum atomic E-state index is 0. The third-order valence-corrected chi connectivity index (χ3v) is 4.63. The van der Waals surface area contributed by atoms with Gasteiger partial charge in [0.2, 0.25) is 5.91 Å². The first-order valence-corrected chi connectivity index (χ1v) is 8.20. The number of pyridine rings is 1. The molecule has 3 unspecified atom stereocenters. The molecule has 1 aliphatic rings. The molecule has 3 N–H and O–H groups in total. The third kappa shape index (κ3) is 5.43. The average molecular weight is 382 g/mol. The summed E-state index contributed by atoms with van der Waals surface area (Å²) in [5, 5.41) is 3.11. The van der Waals surface area contributed by atoms with E-state index in [0.29, 0.717) is 0 Å². The maximum absolute atomic E-state index is 12.3. The predicted molar refractivity (Wildman–Crippen MR) is 106 cm³/mol. The Hall–Kier alpha value is -1.62. The number of carbonyl (C=O) groups excluding carboxylic acids is 1. The van der Waals surface area contributed by atoms with Crippen LogP contribution in [0.3, 0.4) is 0 Å². The second-order valence-electron chi connectivity index (χ2n) is 6.36. The number of aromatic nitrogens is 1. The number of benzene rings is 1. The van der Waals surface area contributed by atoms with E-state index in [9.17, 15) is 4.79 Å². The molecular formula is C19H25Cl2N3O. The lowest BCUT2D eigenvalue weighted by molar-refractivity contribution is -0.125. The molecule has 6 heteroatoms. The molecule has 3 rings (SSSR count). The van der Waals surface area contributed by atoms with Crippen LogP contribution >= 0.6 is 24.8 Å². The Morgan fingerprint density at radius 3 is 2.24 bits per heavy atom. The van der Waals surface area contributed by atoms with Crippen molar-refractivity contribution in [1.82, 2.24) is 10.3 Å². The largest absolute Gasteiger partial charge is 0.349 e. The molecule has 25 heavy (non-hydrogen) atoms. The third-order valence-electron chi connectivity index (χ3n) is 4.63. The van der Waals surface area contributed by atoms with Gasteiger partial charge in [-0.2, -0.15) is 0 Å². The van der Waals surface area contributed by atoms with Crippen molar-refractivity contribution in [2.75, 3.05) is 0 Å². The average Bonchev–Trinajstić information content (AvgIpc) is 3.02. The number of nitrogens with one attached hydrogen (secondary N) is 1. The molecule has 1 aromatic carbocycles. The second kappa shape index (κ2) is 9.76. The van der Waals surface area contributed by atoms with E-state index in [1.165, 1.54) is 0 Å². The fraction of sp³-hybridized carbons (Fsp3) is 0.368. The van der Waals surface area contributed by atoms with Gasteiger partial charge in [-0.1, -0.05) is 24.3 Å². The zero-order valence-electron chi connectivity index (χ0n) is 14.2. The molecule has 0 aliphatic heterocycles. The maximum atomic E-state index is 12.3. The van der Waals surface area contributed by atoms with Gasteiger partial charge in [0.25, 0.3) is 0 Å². The van der Waals surface area contributed by atoms with Gasteiger partial charge in [0.15, 0.2) is 0 Å². The number of carbonyl (C=O) groups is 1. The van der Waals surface area contributed by atoms with Crippen LogP contribution in [0.25, 0.3) is 11.1 Å². The summed E-state index contributed by atoms with van der Waals surface area (Å²) in [7, 11) is 0. The smallest absolute Gasteiger partial charge is 0.223 e. The fourth-order valence-electron chi connectivity index (χ4n) is 3.18. The summed E-state index contributed by atoms with van der Waals surface area (Å²) in [6.45, 7) is 2.02. The topological polar surface area (TPSA) is 68.0 Å². The second-order valence-corrected chi connectivity index (χ2v) is 6.36. The lowest BCUT2D eigenvalue weighted by atomic mass is 10.0. The van der Waals surface area contributed by atoms with E-state index in [2.05, 4.69) is 34.6 Å². The monoisotopic (exact) mass is 381 g/mol. The highest BCUT2D eigenvalue weighted by molar-refractivity contribution is 5.85. The van der Waals surface area contributed by atoms with Crippen LogP contribution in [-0.4, -0.2) is 16.9 Å². The lowest BCUT2D eigenvalue weighted by Crippen LogP contribution is -2.32. The Morgan fingerprint density at radius 2 is 1.68 bits per heavy atom. The SMILES string of the molecule is CC(NC(=O)C1CCC(N)C1)c1ccc(-c2ccncc2)cc1.Cl.Cl. The van der Waals surface area contributed by atoms with E-state index < -0.39 is 0 Å². The van der Waals surface area contributed by atoms with Crippen LogP contribution in [0.4, 0.5) is 0 Å². The van der Waals surface area contributed by atoms with Gasteiger partial charge in [0.05, 0.1) is 6.04 Å². The quantitative estimate of drug-likeness (QED) is 0.843. The highest BCUT2D eigenvalue weighted by atomic mass is 35.5. The Labute approximate surface area is 161 Å². The standard InChI is InChI=1S/C19H23N3O.2ClH/c1-13(22-19(23)17-6-7-18(20)12-17)14-2-4-15(5-3-14)16-8-10-21-11-9-16;;/h2-5,8-11,13,17-18H,6-7,12,20H2,1H3,(H,22,23);2*1H. The van der Waals surface area contributed by atoms with Gasteiger partial charge in [-0.05, 0) is 55.0 Å². The number of halogens is 2. The highest BCUT2D eigenvalue weighted by Crippen LogP contribution is 2.26. The number of nitrogens with two attached hydrogens (primary N) is 1. The molecule has 4 nitrogen and oxygen atoms in total. The summed E-state index contributed by atoms with van der Waals surface area (Å²) in [6, 6.07) is 12.5. The van der Waals surface area contributed by atoms with Gasteiger partial charge in [-0.3, -0.25) is 9.78 Å². The van der Waals surface area contributed by atoms with Crippen LogP contribution in [-0.2, 0) is 4.79 Å². The van der Waals surface area contributed by atoms with Gasteiger partial charge in [-0.25, -0.2) is 0 Å². The van der Waals surface area contributed by atoms with E-state index in [1.807, 2.05) is 19.1 Å². The van der Waals surface area contributed by atoms with E-state index in [-0.39, 0.29) is 48.7 Å². The van der Waals surface area contributed by atoms with E-state index >= 15 is 0 Å². The summed E-state index contributed by atoms with van der Waals surface area (Å²) in [4.78, 5) is 16.3. The Bertz CT molecular complexity index is 664. The molecule has 1 amide bonds. The van der Waals surface area contributed by atoms with Crippen LogP contribution in [0.5, 0.6) is 0 Å². The van der Waals surface area contributed by atoms with Crippen molar-refractivity contribution >= 4 is 30.7 Å². The van der Waals surface area contributed by atoms with Crippen molar-refractivity contribution in [2.24, 2.45) is 11.7 Å². The van der Waals surface area contributed by atoms with Crippen LogP contribution in [0, 0.1) is 5.92 Å². The molecule has 2 aromatic rings. The summed E-state index contributed by atoms with van der Waals surface area (Å²) in [5.74, 6) is 0.201. The molecule has 1 aromatic heterocycles. The summed E-state index contributed by atoms with van der Waals surface area (Å²) >= 11 is 0. The molecule has 1 saturated carbocycles. The summed E-state index contributed by atoms with van der Waals surface area (Å²) < 4.78 is 0. The van der Waals surface area contributed by atoms with E-state index in [0.717, 1.165) is 36.0 Å². The molecule has 0 radical (unpaired) electrons. The van der Waals surface area contributed by atoms with Crippen molar-refractivity contribution in [1.29, 1.82) is 0 Å². The fourth-order valence-corrected chi connectivity index (χ4v) is 3.18. The highest BCUT2D eigenvalue weighted by Gasteiger charge is 2.28. The Kier molecular flexibility index (Phi) is 8.36. The zero-order chi connectivity index (χ0) is 16.2. The molecular weight excluding hydrogens is 357 g/mol. The molecule has 3 atom stereocenters. The van der Waals surface area contributed by atoms with Gasteiger partial charge < -0.3 is 11.1 Å². The molecule has 0 bridgehead atoms. The van der Waals surface area contributed by atoms with Gasteiger partial charge in [0.1, 0.15) is 0 Å². The zero-order valence-corrected chi connectivity index (χ0v) is 15.9. The summed E-state index contributed by atoms with van der Waals surface area (Å²) in [5.41, 5.74) is 9.29. The Balaban J connectivity index is 0.00000156. The van der Waals surface area contributed by atoms with Crippen molar-refractivity contribution < 1.29 is 4.79 Å². The maximum Gasteiger partial charge on any atom is 0.223 e. The normalized spacial score (nSPS) is 20.1. The van der Waals surface area contributed by atoms with Crippen LogP contribution in [0.15, 0.2) is 48.8 Å². The molecule has 136 valence electrons. The predicted octanol–water partition coefficient (Wildman–Crippen LogP) is 3.90. The molecule has 1 aliphatic carbocycles. The number of hydrogen-bond acceptors (Lipinski definition) is 3. The Morgan fingerprint density at radius 1 is 1.08 bits per heavy atom. The summed E-state index contributed by atoms with van der Waals surface area (Å²) in [6.07, 6.45) is 6.24. The van der Waals surface area contributed by atoms with Crippen molar-refractivity contribution in [2.45, 2.75) is 38.3 Å².